The van der Waals surface area contributed by atoms with Crippen molar-refractivity contribution in [2.75, 3.05) is 26.4 Å². The topological polar surface area (TPSA) is 60.8 Å². The molecule has 2 heterocycles. The third-order valence-corrected chi connectivity index (χ3v) is 2.58. The SMILES string of the molecule is CCOc1cncc(C(O)C2COCCO2)c1. The Labute approximate surface area is 100 Å². The first-order valence-electron chi connectivity index (χ1n) is 5.76. The zero-order valence-electron chi connectivity index (χ0n) is 9.83. The minimum absolute atomic E-state index is 0.331. The minimum atomic E-state index is -0.733. The average Bonchev–Trinajstić information content (AvgIpc) is 2.40. The summed E-state index contributed by atoms with van der Waals surface area (Å²) in [5.74, 6) is 0.653. The van der Waals surface area contributed by atoms with Crippen molar-refractivity contribution in [3.63, 3.8) is 0 Å². The van der Waals surface area contributed by atoms with Crippen LogP contribution in [-0.4, -0.2) is 42.6 Å². The molecule has 1 fully saturated rings. The predicted octanol–water partition coefficient (Wildman–Crippen LogP) is 0.929. The maximum absolute atomic E-state index is 10.1. The molecule has 94 valence electrons. The number of pyridine rings is 1. The van der Waals surface area contributed by atoms with Crippen LogP contribution in [0.4, 0.5) is 0 Å². The summed E-state index contributed by atoms with van der Waals surface area (Å²) >= 11 is 0. The Bertz CT molecular complexity index is 352. The van der Waals surface area contributed by atoms with Crippen LogP contribution in [0.3, 0.4) is 0 Å². The van der Waals surface area contributed by atoms with Crippen LogP contribution in [0.25, 0.3) is 0 Å². The molecule has 0 amide bonds. The first kappa shape index (κ1) is 12.3. The van der Waals surface area contributed by atoms with E-state index in [1.165, 1.54) is 0 Å². The highest BCUT2D eigenvalue weighted by Gasteiger charge is 2.25. The van der Waals surface area contributed by atoms with Crippen LogP contribution in [0.1, 0.15) is 18.6 Å². The molecular formula is C12H17NO4. The second kappa shape index (κ2) is 5.95. The Hall–Kier alpha value is -1.17. The molecule has 0 aliphatic carbocycles. The summed E-state index contributed by atoms with van der Waals surface area (Å²) in [7, 11) is 0. The maximum Gasteiger partial charge on any atom is 0.137 e. The number of aliphatic hydroxyl groups excluding tert-OH is 1. The van der Waals surface area contributed by atoms with Crippen LogP contribution >= 0.6 is 0 Å². The zero-order valence-corrected chi connectivity index (χ0v) is 9.83. The quantitative estimate of drug-likeness (QED) is 0.847. The molecule has 2 atom stereocenters. The third kappa shape index (κ3) is 3.15. The Morgan fingerprint density at radius 1 is 1.53 bits per heavy atom. The lowest BCUT2D eigenvalue weighted by molar-refractivity contribution is -0.133. The zero-order chi connectivity index (χ0) is 12.1. The van der Waals surface area contributed by atoms with E-state index in [2.05, 4.69) is 4.98 Å². The number of aliphatic hydroxyl groups is 1. The second-order valence-electron chi connectivity index (χ2n) is 3.82. The van der Waals surface area contributed by atoms with Crippen LogP contribution in [0.5, 0.6) is 5.75 Å². The molecule has 2 unspecified atom stereocenters. The van der Waals surface area contributed by atoms with Gasteiger partial charge in [0.25, 0.3) is 0 Å². The molecule has 5 heteroatoms. The largest absolute Gasteiger partial charge is 0.492 e. The second-order valence-corrected chi connectivity index (χ2v) is 3.82. The van der Waals surface area contributed by atoms with Gasteiger partial charge in [-0.2, -0.15) is 0 Å². The molecule has 1 aromatic rings. The van der Waals surface area contributed by atoms with Gasteiger partial charge in [0.2, 0.25) is 0 Å². The molecule has 1 aromatic heterocycles. The average molecular weight is 239 g/mol. The lowest BCUT2D eigenvalue weighted by atomic mass is 10.1. The van der Waals surface area contributed by atoms with Gasteiger partial charge in [0.05, 0.1) is 32.6 Å². The van der Waals surface area contributed by atoms with Crippen molar-refractivity contribution in [1.82, 2.24) is 4.98 Å². The van der Waals surface area contributed by atoms with Crippen molar-refractivity contribution in [3.05, 3.63) is 24.0 Å². The van der Waals surface area contributed by atoms with E-state index in [1.807, 2.05) is 6.92 Å². The summed E-state index contributed by atoms with van der Waals surface area (Å²) in [4.78, 5) is 4.04. The number of hydrogen-bond acceptors (Lipinski definition) is 5. The normalized spacial score (nSPS) is 22.1. The van der Waals surface area contributed by atoms with Crippen molar-refractivity contribution in [2.24, 2.45) is 0 Å². The van der Waals surface area contributed by atoms with Crippen LogP contribution in [0, 0.1) is 0 Å². The van der Waals surface area contributed by atoms with E-state index < -0.39 is 6.10 Å². The highest BCUT2D eigenvalue weighted by Crippen LogP contribution is 2.23. The van der Waals surface area contributed by atoms with Crippen molar-refractivity contribution in [2.45, 2.75) is 19.1 Å². The van der Waals surface area contributed by atoms with Crippen molar-refractivity contribution >= 4 is 0 Å². The molecule has 2 rings (SSSR count). The smallest absolute Gasteiger partial charge is 0.137 e. The third-order valence-electron chi connectivity index (χ3n) is 2.58. The van der Waals surface area contributed by atoms with Crippen molar-refractivity contribution < 1.29 is 19.3 Å². The summed E-state index contributed by atoms with van der Waals surface area (Å²) in [5, 5.41) is 10.1. The van der Waals surface area contributed by atoms with E-state index in [1.54, 1.807) is 18.5 Å². The molecule has 1 aliphatic heterocycles. The molecule has 1 N–H and O–H groups in total. The molecule has 1 aliphatic rings. The van der Waals surface area contributed by atoms with E-state index in [9.17, 15) is 5.11 Å². The number of nitrogens with zero attached hydrogens (tertiary/aromatic N) is 1. The molecule has 0 aromatic carbocycles. The molecule has 1 saturated heterocycles. The molecule has 17 heavy (non-hydrogen) atoms. The van der Waals surface area contributed by atoms with Gasteiger partial charge in [0, 0.05) is 11.8 Å². The van der Waals surface area contributed by atoms with Gasteiger partial charge >= 0.3 is 0 Å². The van der Waals surface area contributed by atoms with Gasteiger partial charge in [0.1, 0.15) is 18.0 Å². The fourth-order valence-corrected chi connectivity index (χ4v) is 1.75. The van der Waals surface area contributed by atoms with Crippen LogP contribution < -0.4 is 4.74 Å². The number of ether oxygens (including phenoxy) is 3. The fraction of sp³-hybridized carbons (Fsp3) is 0.583. The van der Waals surface area contributed by atoms with Crippen LogP contribution in [0.15, 0.2) is 18.5 Å². The molecule has 0 spiro atoms. The van der Waals surface area contributed by atoms with E-state index in [4.69, 9.17) is 14.2 Å². The number of aromatic nitrogens is 1. The first-order valence-corrected chi connectivity index (χ1v) is 5.76. The monoisotopic (exact) mass is 239 g/mol. The molecule has 0 radical (unpaired) electrons. The van der Waals surface area contributed by atoms with E-state index >= 15 is 0 Å². The van der Waals surface area contributed by atoms with Crippen LogP contribution in [0.2, 0.25) is 0 Å². The van der Waals surface area contributed by atoms with Gasteiger partial charge in [-0.3, -0.25) is 4.98 Å². The van der Waals surface area contributed by atoms with Gasteiger partial charge in [-0.1, -0.05) is 0 Å². The molecule has 0 saturated carbocycles. The summed E-state index contributed by atoms with van der Waals surface area (Å²) in [6, 6.07) is 1.78. The highest BCUT2D eigenvalue weighted by atomic mass is 16.6. The molecular weight excluding hydrogens is 222 g/mol. The molecule has 5 nitrogen and oxygen atoms in total. The van der Waals surface area contributed by atoms with Gasteiger partial charge in [-0.15, -0.1) is 0 Å². The molecule has 0 bridgehead atoms. The predicted molar refractivity (Wildman–Crippen MR) is 60.9 cm³/mol. The highest BCUT2D eigenvalue weighted by molar-refractivity contribution is 5.25. The van der Waals surface area contributed by atoms with E-state index in [0.717, 1.165) is 0 Å². The van der Waals surface area contributed by atoms with Gasteiger partial charge < -0.3 is 19.3 Å². The first-order chi connectivity index (χ1) is 8.31. The Morgan fingerprint density at radius 3 is 3.12 bits per heavy atom. The minimum Gasteiger partial charge on any atom is -0.492 e. The van der Waals surface area contributed by atoms with Gasteiger partial charge in [-0.25, -0.2) is 0 Å². The summed E-state index contributed by atoms with van der Waals surface area (Å²) in [6.45, 7) is 3.98. The van der Waals surface area contributed by atoms with Crippen molar-refractivity contribution in [3.8, 4) is 5.75 Å². The summed E-state index contributed by atoms with van der Waals surface area (Å²) in [6.07, 6.45) is 2.17. The van der Waals surface area contributed by atoms with Gasteiger partial charge in [0.15, 0.2) is 0 Å². The number of hydrogen-bond donors (Lipinski definition) is 1. The Morgan fingerprint density at radius 2 is 2.41 bits per heavy atom. The lowest BCUT2D eigenvalue weighted by Gasteiger charge is -2.27. The van der Waals surface area contributed by atoms with Gasteiger partial charge in [-0.05, 0) is 13.0 Å². The summed E-state index contributed by atoms with van der Waals surface area (Å²) in [5.41, 5.74) is 0.687. The van der Waals surface area contributed by atoms with E-state index in [0.29, 0.717) is 37.7 Å². The number of rotatable bonds is 4. The van der Waals surface area contributed by atoms with Crippen molar-refractivity contribution in [1.29, 1.82) is 0 Å². The lowest BCUT2D eigenvalue weighted by Crippen LogP contribution is -2.33. The maximum atomic E-state index is 10.1. The fourth-order valence-electron chi connectivity index (χ4n) is 1.75. The Kier molecular flexibility index (Phi) is 4.30. The van der Waals surface area contributed by atoms with Crippen LogP contribution in [-0.2, 0) is 9.47 Å². The summed E-state index contributed by atoms with van der Waals surface area (Å²) < 4.78 is 16.1. The Balaban J connectivity index is 2.06. The standard InChI is InChI=1S/C12H17NO4/c1-2-16-10-5-9(6-13-7-10)12(14)11-8-15-3-4-17-11/h5-7,11-12,14H,2-4,8H2,1H3. The van der Waals surface area contributed by atoms with E-state index in [-0.39, 0.29) is 6.10 Å².